The van der Waals surface area contributed by atoms with Crippen LogP contribution in [0.2, 0.25) is 0 Å². The predicted octanol–water partition coefficient (Wildman–Crippen LogP) is 1.12. The molecule has 7 heteroatoms. The molecular weight excluding hydrogens is 276 g/mol. The molecule has 0 aliphatic rings. The standard InChI is InChI=1S/C14H12N2O5/c1-21-14(20)8-2-4-9(5-3-8)16-13(19)10-7-15-12(18)6-11(10)17/h2-7H,1H3,(H,16,19)(H2,15,17,18). The van der Waals surface area contributed by atoms with E-state index >= 15 is 0 Å². The number of pyridine rings is 1. The number of rotatable bonds is 3. The molecule has 0 radical (unpaired) electrons. The van der Waals surface area contributed by atoms with Crippen molar-refractivity contribution < 1.29 is 19.4 Å². The van der Waals surface area contributed by atoms with Gasteiger partial charge in [-0.2, -0.15) is 0 Å². The van der Waals surface area contributed by atoms with Gasteiger partial charge in [-0.25, -0.2) is 4.79 Å². The molecule has 7 nitrogen and oxygen atoms in total. The highest BCUT2D eigenvalue weighted by molar-refractivity contribution is 6.06. The van der Waals surface area contributed by atoms with Crippen molar-refractivity contribution in [2.75, 3.05) is 12.4 Å². The van der Waals surface area contributed by atoms with Gasteiger partial charge in [-0.15, -0.1) is 0 Å². The number of benzene rings is 1. The molecule has 2 aromatic rings. The molecule has 2 rings (SSSR count). The lowest BCUT2D eigenvalue weighted by molar-refractivity contribution is 0.0600. The van der Waals surface area contributed by atoms with Crippen molar-refractivity contribution in [3.05, 3.63) is 58.0 Å². The first-order valence-corrected chi connectivity index (χ1v) is 5.92. The molecule has 1 heterocycles. The summed E-state index contributed by atoms with van der Waals surface area (Å²) in [5, 5.41) is 12.1. The fourth-order valence-electron chi connectivity index (χ4n) is 1.65. The van der Waals surface area contributed by atoms with E-state index in [4.69, 9.17) is 0 Å². The van der Waals surface area contributed by atoms with Gasteiger partial charge in [-0.3, -0.25) is 9.59 Å². The smallest absolute Gasteiger partial charge is 0.337 e. The second-order valence-electron chi connectivity index (χ2n) is 4.12. The minimum absolute atomic E-state index is 0.0633. The second kappa shape index (κ2) is 5.91. The highest BCUT2D eigenvalue weighted by Gasteiger charge is 2.12. The number of nitrogens with one attached hydrogen (secondary N) is 2. The first kappa shape index (κ1) is 14.3. The Morgan fingerprint density at radius 1 is 1.24 bits per heavy atom. The number of methoxy groups -OCH3 is 1. The quantitative estimate of drug-likeness (QED) is 0.733. The summed E-state index contributed by atoms with van der Waals surface area (Å²) in [6.07, 6.45) is 1.12. The van der Waals surface area contributed by atoms with Crippen LogP contribution in [0.25, 0.3) is 0 Å². The zero-order valence-corrected chi connectivity index (χ0v) is 11.0. The topological polar surface area (TPSA) is 108 Å². The number of anilines is 1. The summed E-state index contributed by atoms with van der Waals surface area (Å²) in [5.41, 5.74) is 0.207. The zero-order chi connectivity index (χ0) is 15.4. The molecule has 3 N–H and O–H groups in total. The Hall–Kier alpha value is -3.09. The third-order valence-electron chi connectivity index (χ3n) is 2.71. The molecule has 1 aromatic heterocycles. The van der Waals surface area contributed by atoms with Crippen LogP contribution in [0.15, 0.2) is 41.3 Å². The van der Waals surface area contributed by atoms with Crippen LogP contribution < -0.4 is 10.9 Å². The molecule has 0 bridgehead atoms. The number of hydrogen-bond donors (Lipinski definition) is 3. The predicted molar refractivity (Wildman–Crippen MR) is 74.5 cm³/mol. The molecule has 0 aliphatic heterocycles. The van der Waals surface area contributed by atoms with E-state index < -0.39 is 23.2 Å². The van der Waals surface area contributed by atoms with Gasteiger partial charge in [0.05, 0.1) is 18.2 Å². The number of aromatic nitrogens is 1. The van der Waals surface area contributed by atoms with Crippen molar-refractivity contribution in [2.24, 2.45) is 0 Å². The zero-order valence-electron chi connectivity index (χ0n) is 11.0. The van der Waals surface area contributed by atoms with Gasteiger partial charge in [-0.05, 0) is 24.3 Å². The summed E-state index contributed by atoms with van der Waals surface area (Å²) in [4.78, 5) is 36.5. The molecule has 0 fully saturated rings. The Morgan fingerprint density at radius 3 is 2.48 bits per heavy atom. The normalized spacial score (nSPS) is 9.95. The molecule has 1 amide bonds. The van der Waals surface area contributed by atoms with E-state index in [1.807, 2.05) is 0 Å². The monoisotopic (exact) mass is 288 g/mol. The molecule has 0 atom stereocenters. The highest BCUT2D eigenvalue weighted by Crippen LogP contribution is 2.16. The number of carbonyl (C=O) groups excluding carboxylic acids is 2. The number of H-pyrrole nitrogens is 1. The van der Waals surface area contributed by atoms with Crippen molar-refractivity contribution in [3.8, 4) is 5.75 Å². The molecule has 0 spiro atoms. The number of aromatic amines is 1. The van der Waals surface area contributed by atoms with E-state index in [-0.39, 0.29) is 5.56 Å². The Morgan fingerprint density at radius 2 is 1.90 bits per heavy atom. The summed E-state index contributed by atoms with van der Waals surface area (Å²) in [6, 6.07) is 6.94. The number of ether oxygens (including phenoxy) is 1. The van der Waals surface area contributed by atoms with Gasteiger partial charge in [0.1, 0.15) is 5.75 Å². The van der Waals surface area contributed by atoms with Gasteiger partial charge in [0, 0.05) is 18.0 Å². The lowest BCUT2D eigenvalue weighted by Crippen LogP contribution is -2.15. The highest BCUT2D eigenvalue weighted by atomic mass is 16.5. The van der Waals surface area contributed by atoms with Gasteiger partial charge in [0.15, 0.2) is 0 Å². The van der Waals surface area contributed by atoms with E-state index in [1.54, 1.807) is 0 Å². The van der Waals surface area contributed by atoms with Crippen molar-refractivity contribution in [1.82, 2.24) is 4.98 Å². The first-order chi connectivity index (χ1) is 10.0. The second-order valence-corrected chi connectivity index (χ2v) is 4.12. The Kier molecular flexibility index (Phi) is 4.03. The summed E-state index contributed by atoms with van der Waals surface area (Å²) >= 11 is 0. The maximum absolute atomic E-state index is 11.9. The average molecular weight is 288 g/mol. The van der Waals surface area contributed by atoms with Crippen molar-refractivity contribution in [2.45, 2.75) is 0 Å². The summed E-state index contributed by atoms with van der Waals surface area (Å²) in [7, 11) is 1.27. The first-order valence-electron chi connectivity index (χ1n) is 5.92. The summed E-state index contributed by atoms with van der Waals surface area (Å²) in [5.74, 6) is -1.48. The molecule has 21 heavy (non-hydrogen) atoms. The Balaban J connectivity index is 2.16. The summed E-state index contributed by atoms with van der Waals surface area (Å²) in [6.45, 7) is 0. The fourth-order valence-corrected chi connectivity index (χ4v) is 1.65. The van der Waals surface area contributed by atoms with Crippen LogP contribution in [-0.4, -0.2) is 29.1 Å². The molecule has 0 saturated carbocycles. The van der Waals surface area contributed by atoms with Crippen LogP contribution in [0.5, 0.6) is 5.75 Å². The van der Waals surface area contributed by atoms with E-state index in [1.165, 1.54) is 31.4 Å². The van der Waals surface area contributed by atoms with Gasteiger partial charge in [-0.1, -0.05) is 0 Å². The molecular formula is C14H12N2O5. The number of hydrogen-bond acceptors (Lipinski definition) is 5. The molecule has 0 saturated heterocycles. The van der Waals surface area contributed by atoms with Crippen LogP contribution in [0.3, 0.4) is 0 Å². The van der Waals surface area contributed by atoms with Crippen LogP contribution in [0.1, 0.15) is 20.7 Å². The number of carbonyl (C=O) groups is 2. The molecule has 0 aliphatic carbocycles. The van der Waals surface area contributed by atoms with Crippen molar-refractivity contribution in [1.29, 1.82) is 0 Å². The van der Waals surface area contributed by atoms with Crippen molar-refractivity contribution in [3.63, 3.8) is 0 Å². The minimum Gasteiger partial charge on any atom is -0.507 e. The fraction of sp³-hybridized carbons (Fsp3) is 0.0714. The third-order valence-corrected chi connectivity index (χ3v) is 2.71. The van der Waals surface area contributed by atoms with Gasteiger partial charge < -0.3 is 20.1 Å². The Labute approximate surface area is 119 Å². The summed E-state index contributed by atoms with van der Waals surface area (Å²) < 4.78 is 4.56. The largest absolute Gasteiger partial charge is 0.507 e. The van der Waals surface area contributed by atoms with Gasteiger partial charge >= 0.3 is 5.97 Å². The van der Waals surface area contributed by atoms with Crippen molar-refractivity contribution >= 4 is 17.6 Å². The number of amides is 1. The minimum atomic E-state index is -0.588. The van der Waals surface area contributed by atoms with Crippen LogP contribution in [0, 0.1) is 0 Å². The lowest BCUT2D eigenvalue weighted by Gasteiger charge is -2.07. The van der Waals surface area contributed by atoms with Crippen LogP contribution in [-0.2, 0) is 4.74 Å². The maximum Gasteiger partial charge on any atom is 0.337 e. The molecule has 108 valence electrons. The number of aromatic hydroxyl groups is 1. The van der Waals surface area contributed by atoms with Crippen LogP contribution >= 0.6 is 0 Å². The lowest BCUT2D eigenvalue weighted by atomic mass is 10.2. The average Bonchev–Trinajstić information content (AvgIpc) is 2.47. The Bertz CT molecular complexity index is 734. The van der Waals surface area contributed by atoms with E-state index in [2.05, 4.69) is 15.0 Å². The number of esters is 1. The molecule has 0 unspecified atom stereocenters. The molecule has 1 aromatic carbocycles. The van der Waals surface area contributed by atoms with Gasteiger partial charge in [0.25, 0.3) is 11.5 Å². The maximum atomic E-state index is 11.9. The van der Waals surface area contributed by atoms with Crippen LogP contribution in [0.4, 0.5) is 5.69 Å². The SMILES string of the molecule is COC(=O)c1ccc(NC(=O)c2c[nH]c(=O)cc2O)cc1. The van der Waals surface area contributed by atoms with E-state index in [0.717, 1.165) is 12.3 Å². The van der Waals surface area contributed by atoms with E-state index in [9.17, 15) is 19.5 Å². The van der Waals surface area contributed by atoms with E-state index in [0.29, 0.717) is 11.3 Å². The van der Waals surface area contributed by atoms with Gasteiger partial charge in [0.2, 0.25) is 0 Å². The third kappa shape index (κ3) is 3.27.